The Morgan fingerprint density at radius 2 is 2.06 bits per heavy atom. The van der Waals surface area contributed by atoms with Gasteiger partial charge in [0.15, 0.2) is 0 Å². The van der Waals surface area contributed by atoms with Crippen LogP contribution in [0.3, 0.4) is 0 Å². The normalized spacial score (nSPS) is 10.4. The molecule has 0 saturated carbocycles. The summed E-state index contributed by atoms with van der Waals surface area (Å²) >= 11 is 3.54. The van der Waals surface area contributed by atoms with Gasteiger partial charge in [-0.1, -0.05) is 17.7 Å². The molecule has 3 nitrogen and oxygen atoms in total. The molecular weight excluding hydrogens is 290 g/mol. The first kappa shape index (κ1) is 12.8. The number of benzene rings is 1. The van der Waals surface area contributed by atoms with Crippen LogP contribution in [0.15, 0.2) is 22.8 Å². The number of aryl methyl sites for hydroxylation is 3. The Bertz CT molecular complexity index is 635. The van der Waals surface area contributed by atoms with Gasteiger partial charge in [0.05, 0.1) is 23.9 Å². The molecule has 18 heavy (non-hydrogen) atoms. The van der Waals surface area contributed by atoms with Crippen LogP contribution < -0.4 is 0 Å². The predicted molar refractivity (Wildman–Crippen MR) is 74.8 cm³/mol. The molecule has 0 N–H and O–H groups in total. The zero-order valence-electron chi connectivity index (χ0n) is 10.7. The lowest BCUT2D eigenvalue weighted by Gasteiger charge is -2.08. The Morgan fingerprint density at radius 1 is 1.33 bits per heavy atom. The number of hydrogen-bond donors (Lipinski definition) is 0. The summed E-state index contributed by atoms with van der Waals surface area (Å²) in [6.45, 7) is 6.06. The highest BCUT2D eigenvalue weighted by Gasteiger charge is 2.14. The SMILES string of the molecule is Cc1ccc(-n2nc(C)c(CC#N)c2Br)c(C)c1. The van der Waals surface area contributed by atoms with Crippen molar-refractivity contribution in [3.63, 3.8) is 0 Å². The smallest absolute Gasteiger partial charge is 0.114 e. The van der Waals surface area contributed by atoms with E-state index in [1.807, 2.05) is 11.6 Å². The molecule has 1 heterocycles. The van der Waals surface area contributed by atoms with Crippen LogP contribution in [0.2, 0.25) is 0 Å². The van der Waals surface area contributed by atoms with Gasteiger partial charge in [-0.25, -0.2) is 4.68 Å². The molecule has 0 bridgehead atoms. The molecule has 0 aliphatic rings. The van der Waals surface area contributed by atoms with E-state index in [1.165, 1.54) is 11.1 Å². The maximum Gasteiger partial charge on any atom is 0.114 e. The lowest BCUT2D eigenvalue weighted by Crippen LogP contribution is -2.00. The molecule has 0 fully saturated rings. The Labute approximate surface area is 115 Å². The van der Waals surface area contributed by atoms with Crippen molar-refractivity contribution < 1.29 is 0 Å². The van der Waals surface area contributed by atoms with E-state index in [1.54, 1.807) is 0 Å². The first-order valence-corrected chi connectivity index (χ1v) is 6.52. The fraction of sp³-hybridized carbons (Fsp3) is 0.286. The van der Waals surface area contributed by atoms with E-state index in [0.717, 1.165) is 21.5 Å². The van der Waals surface area contributed by atoms with Crippen molar-refractivity contribution >= 4 is 15.9 Å². The average molecular weight is 304 g/mol. The molecule has 0 amide bonds. The minimum absolute atomic E-state index is 0.372. The van der Waals surface area contributed by atoms with Crippen LogP contribution in [-0.2, 0) is 6.42 Å². The molecule has 92 valence electrons. The molecule has 0 unspecified atom stereocenters. The van der Waals surface area contributed by atoms with Crippen molar-refractivity contribution in [3.05, 3.63) is 45.2 Å². The number of nitrogens with zero attached hydrogens (tertiary/aromatic N) is 3. The molecule has 0 radical (unpaired) electrons. The fourth-order valence-electron chi connectivity index (χ4n) is 2.01. The third-order valence-corrected chi connectivity index (χ3v) is 3.77. The van der Waals surface area contributed by atoms with Crippen LogP contribution in [-0.4, -0.2) is 9.78 Å². The van der Waals surface area contributed by atoms with Crippen molar-refractivity contribution in [2.45, 2.75) is 27.2 Å². The molecule has 2 rings (SSSR count). The van der Waals surface area contributed by atoms with Gasteiger partial charge in [-0.2, -0.15) is 10.4 Å². The maximum absolute atomic E-state index is 8.83. The summed E-state index contributed by atoms with van der Waals surface area (Å²) in [7, 11) is 0. The van der Waals surface area contributed by atoms with E-state index in [-0.39, 0.29) is 0 Å². The molecule has 0 atom stereocenters. The number of halogens is 1. The highest BCUT2D eigenvalue weighted by atomic mass is 79.9. The molecule has 2 aromatic rings. The summed E-state index contributed by atoms with van der Waals surface area (Å²) in [5, 5.41) is 13.3. The number of aromatic nitrogens is 2. The molecule has 0 spiro atoms. The first-order chi connectivity index (χ1) is 8.54. The minimum Gasteiger partial charge on any atom is -0.226 e. The quantitative estimate of drug-likeness (QED) is 0.850. The van der Waals surface area contributed by atoms with Gasteiger partial charge in [0.25, 0.3) is 0 Å². The van der Waals surface area contributed by atoms with Gasteiger partial charge in [0, 0.05) is 5.56 Å². The van der Waals surface area contributed by atoms with Crippen LogP contribution >= 0.6 is 15.9 Å². The van der Waals surface area contributed by atoms with Crippen molar-refractivity contribution in [2.75, 3.05) is 0 Å². The summed E-state index contributed by atoms with van der Waals surface area (Å²) < 4.78 is 2.73. The zero-order chi connectivity index (χ0) is 13.3. The summed E-state index contributed by atoms with van der Waals surface area (Å²) in [6, 6.07) is 8.42. The lowest BCUT2D eigenvalue weighted by atomic mass is 10.1. The highest BCUT2D eigenvalue weighted by Crippen LogP contribution is 2.26. The zero-order valence-corrected chi connectivity index (χ0v) is 12.2. The van der Waals surface area contributed by atoms with Crippen LogP contribution in [0.1, 0.15) is 22.4 Å². The van der Waals surface area contributed by atoms with Gasteiger partial charge in [0.2, 0.25) is 0 Å². The maximum atomic E-state index is 8.83. The Kier molecular flexibility index (Phi) is 3.53. The number of rotatable bonds is 2. The summed E-state index contributed by atoms with van der Waals surface area (Å²) in [5.41, 5.74) is 5.29. The second-order valence-electron chi connectivity index (χ2n) is 4.39. The molecule has 1 aromatic heterocycles. The van der Waals surface area contributed by atoms with E-state index in [0.29, 0.717) is 6.42 Å². The summed E-state index contributed by atoms with van der Waals surface area (Å²) in [6.07, 6.45) is 0.372. The third-order valence-electron chi connectivity index (χ3n) is 2.96. The minimum atomic E-state index is 0.372. The van der Waals surface area contributed by atoms with Gasteiger partial charge in [-0.3, -0.25) is 0 Å². The van der Waals surface area contributed by atoms with Gasteiger partial charge < -0.3 is 0 Å². The van der Waals surface area contributed by atoms with E-state index < -0.39 is 0 Å². The van der Waals surface area contributed by atoms with Crippen molar-refractivity contribution in [1.29, 1.82) is 5.26 Å². The second-order valence-corrected chi connectivity index (χ2v) is 5.14. The largest absolute Gasteiger partial charge is 0.226 e. The second kappa shape index (κ2) is 4.95. The van der Waals surface area contributed by atoms with E-state index in [4.69, 9.17) is 5.26 Å². The van der Waals surface area contributed by atoms with E-state index >= 15 is 0 Å². The molecule has 0 saturated heterocycles. The topological polar surface area (TPSA) is 41.6 Å². The van der Waals surface area contributed by atoms with Crippen molar-refractivity contribution in [1.82, 2.24) is 9.78 Å². The lowest BCUT2D eigenvalue weighted by molar-refractivity contribution is 0.838. The Morgan fingerprint density at radius 3 is 2.67 bits per heavy atom. The van der Waals surface area contributed by atoms with Crippen LogP contribution in [0.4, 0.5) is 0 Å². The summed E-state index contributed by atoms with van der Waals surface area (Å²) in [5.74, 6) is 0. The van der Waals surface area contributed by atoms with Crippen molar-refractivity contribution in [3.8, 4) is 11.8 Å². The fourth-order valence-corrected chi connectivity index (χ4v) is 2.71. The number of nitriles is 1. The van der Waals surface area contributed by atoms with Crippen molar-refractivity contribution in [2.24, 2.45) is 0 Å². The van der Waals surface area contributed by atoms with Crippen LogP contribution in [0.5, 0.6) is 0 Å². The molecule has 0 aliphatic heterocycles. The monoisotopic (exact) mass is 303 g/mol. The third kappa shape index (κ3) is 2.19. The number of hydrogen-bond acceptors (Lipinski definition) is 2. The van der Waals surface area contributed by atoms with Gasteiger partial charge >= 0.3 is 0 Å². The van der Waals surface area contributed by atoms with Gasteiger partial charge in [0.1, 0.15) is 4.60 Å². The van der Waals surface area contributed by atoms with E-state index in [9.17, 15) is 0 Å². The molecular formula is C14H14BrN3. The van der Waals surface area contributed by atoms with Crippen LogP contribution in [0.25, 0.3) is 5.69 Å². The Balaban J connectivity index is 2.58. The first-order valence-electron chi connectivity index (χ1n) is 5.73. The van der Waals surface area contributed by atoms with Gasteiger partial charge in [-0.15, -0.1) is 0 Å². The highest BCUT2D eigenvalue weighted by molar-refractivity contribution is 9.10. The van der Waals surface area contributed by atoms with E-state index in [2.05, 4.69) is 59.1 Å². The average Bonchev–Trinajstić information content (AvgIpc) is 2.58. The molecule has 4 heteroatoms. The van der Waals surface area contributed by atoms with Gasteiger partial charge in [-0.05, 0) is 48.3 Å². The molecule has 0 aliphatic carbocycles. The standard InChI is InChI=1S/C14H14BrN3/c1-9-4-5-13(10(2)8-9)18-14(15)12(6-7-16)11(3)17-18/h4-5,8H,6H2,1-3H3. The van der Waals surface area contributed by atoms with Crippen LogP contribution in [0, 0.1) is 32.1 Å². The predicted octanol–water partition coefficient (Wildman–Crippen LogP) is 3.63. The molecule has 1 aromatic carbocycles. The summed E-state index contributed by atoms with van der Waals surface area (Å²) in [4.78, 5) is 0. The Hall–Kier alpha value is -1.60.